The molecule has 0 aliphatic carbocycles. The molecule has 1 atom stereocenters. The van der Waals surface area contributed by atoms with Crippen LogP contribution in [0.1, 0.15) is 23.3 Å². The third-order valence-electron chi connectivity index (χ3n) is 3.59. The zero-order valence-electron chi connectivity index (χ0n) is 11.2. The summed E-state index contributed by atoms with van der Waals surface area (Å²) in [4.78, 5) is 24.8. The third kappa shape index (κ3) is 2.52. The molecule has 0 unspecified atom stereocenters. The van der Waals surface area contributed by atoms with Gasteiger partial charge in [-0.2, -0.15) is 0 Å². The van der Waals surface area contributed by atoms with Crippen molar-refractivity contribution in [2.75, 3.05) is 6.54 Å². The van der Waals surface area contributed by atoms with Crippen molar-refractivity contribution in [3.8, 4) is 11.3 Å². The van der Waals surface area contributed by atoms with E-state index in [1.165, 1.54) is 4.90 Å². The number of amides is 1. The molecule has 0 bridgehead atoms. The van der Waals surface area contributed by atoms with Crippen LogP contribution in [0.15, 0.2) is 40.9 Å². The van der Waals surface area contributed by atoms with E-state index in [2.05, 4.69) is 5.16 Å². The summed E-state index contributed by atoms with van der Waals surface area (Å²) in [5.74, 6) is -0.886. The van der Waals surface area contributed by atoms with E-state index in [-0.39, 0.29) is 5.69 Å². The fourth-order valence-corrected chi connectivity index (χ4v) is 2.53. The Morgan fingerprint density at radius 1 is 1.29 bits per heavy atom. The molecular weight excluding hydrogens is 272 g/mol. The first kappa shape index (κ1) is 13.4. The summed E-state index contributed by atoms with van der Waals surface area (Å²) in [6.07, 6.45) is 1.16. The van der Waals surface area contributed by atoms with Gasteiger partial charge >= 0.3 is 5.97 Å². The van der Waals surface area contributed by atoms with Crippen LogP contribution >= 0.6 is 0 Å². The van der Waals surface area contributed by atoms with Crippen molar-refractivity contribution in [3.05, 3.63) is 42.1 Å². The molecule has 21 heavy (non-hydrogen) atoms. The van der Waals surface area contributed by atoms with E-state index in [1.54, 1.807) is 6.07 Å². The van der Waals surface area contributed by atoms with Gasteiger partial charge < -0.3 is 14.5 Å². The first-order valence-electron chi connectivity index (χ1n) is 6.73. The number of rotatable bonds is 3. The van der Waals surface area contributed by atoms with Crippen LogP contribution in [0.25, 0.3) is 11.3 Å². The molecule has 1 aromatic heterocycles. The van der Waals surface area contributed by atoms with Crippen LogP contribution in [0.2, 0.25) is 0 Å². The van der Waals surface area contributed by atoms with Crippen LogP contribution in [0.4, 0.5) is 0 Å². The van der Waals surface area contributed by atoms with Crippen LogP contribution in [-0.2, 0) is 4.79 Å². The molecule has 1 aromatic carbocycles. The predicted molar refractivity (Wildman–Crippen MR) is 73.6 cm³/mol. The second kappa shape index (κ2) is 5.40. The molecule has 108 valence electrons. The average Bonchev–Trinajstić information content (AvgIpc) is 3.17. The van der Waals surface area contributed by atoms with Gasteiger partial charge in [-0.1, -0.05) is 35.5 Å². The van der Waals surface area contributed by atoms with Crippen LogP contribution < -0.4 is 0 Å². The van der Waals surface area contributed by atoms with Crippen LogP contribution in [-0.4, -0.2) is 39.6 Å². The number of carboxylic acids is 1. The molecule has 0 radical (unpaired) electrons. The van der Waals surface area contributed by atoms with Gasteiger partial charge in [0, 0.05) is 18.2 Å². The minimum absolute atomic E-state index is 0.141. The highest BCUT2D eigenvalue weighted by molar-refractivity contribution is 5.96. The average molecular weight is 286 g/mol. The largest absolute Gasteiger partial charge is 0.480 e. The first-order valence-corrected chi connectivity index (χ1v) is 6.73. The fourth-order valence-electron chi connectivity index (χ4n) is 2.53. The first-order chi connectivity index (χ1) is 10.2. The topological polar surface area (TPSA) is 83.6 Å². The van der Waals surface area contributed by atoms with Crippen molar-refractivity contribution >= 4 is 11.9 Å². The summed E-state index contributed by atoms with van der Waals surface area (Å²) in [6, 6.07) is 10.1. The minimum atomic E-state index is -0.979. The van der Waals surface area contributed by atoms with E-state index < -0.39 is 17.9 Å². The van der Waals surface area contributed by atoms with Crippen molar-refractivity contribution in [2.45, 2.75) is 18.9 Å². The summed E-state index contributed by atoms with van der Waals surface area (Å²) in [5, 5.41) is 12.9. The number of hydrogen-bond donors (Lipinski definition) is 1. The van der Waals surface area contributed by atoms with E-state index in [1.807, 2.05) is 30.3 Å². The Balaban J connectivity index is 1.83. The number of nitrogens with zero attached hydrogens (tertiary/aromatic N) is 2. The maximum absolute atomic E-state index is 12.3. The van der Waals surface area contributed by atoms with E-state index in [9.17, 15) is 9.59 Å². The van der Waals surface area contributed by atoms with Crippen molar-refractivity contribution in [3.63, 3.8) is 0 Å². The molecule has 0 spiro atoms. The zero-order valence-corrected chi connectivity index (χ0v) is 11.2. The van der Waals surface area contributed by atoms with E-state index in [0.29, 0.717) is 25.1 Å². The van der Waals surface area contributed by atoms with Crippen LogP contribution in [0.3, 0.4) is 0 Å². The Labute approximate surface area is 121 Å². The molecule has 6 nitrogen and oxygen atoms in total. The van der Waals surface area contributed by atoms with E-state index in [4.69, 9.17) is 9.63 Å². The molecule has 1 saturated heterocycles. The van der Waals surface area contributed by atoms with Gasteiger partial charge in [-0.3, -0.25) is 4.79 Å². The van der Waals surface area contributed by atoms with Gasteiger partial charge in [0.1, 0.15) is 6.04 Å². The Morgan fingerprint density at radius 2 is 2.05 bits per heavy atom. The van der Waals surface area contributed by atoms with Gasteiger partial charge in [-0.05, 0) is 12.8 Å². The number of carbonyl (C=O) groups excluding carboxylic acids is 1. The predicted octanol–water partition coefficient (Wildman–Crippen LogP) is 2.03. The molecule has 1 amide bonds. The van der Waals surface area contributed by atoms with E-state index >= 15 is 0 Å². The second-order valence-corrected chi connectivity index (χ2v) is 4.94. The number of likely N-dealkylation sites (tertiary alicyclic amines) is 1. The lowest BCUT2D eigenvalue weighted by molar-refractivity contribution is -0.141. The molecule has 3 rings (SSSR count). The number of carboxylic acid groups (broad SMARTS) is 1. The molecule has 6 heteroatoms. The Kier molecular flexibility index (Phi) is 3.43. The van der Waals surface area contributed by atoms with Gasteiger partial charge in [-0.25, -0.2) is 4.79 Å². The molecule has 1 aliphatic heterocycles. The summed E-state index contributed by atoms with van der Waals surface area (Å²) >= 11 is 0. The zero-order chi connectivity index (χ0) is 14.8. The number of aliphatic carboxylic acids is 1. The molecule has 2 heterocycles. The quantitative estimate of drug-likeness (QED) is 0.933. The minimum Gasteiger partial charge on any atom is -0.480 e. The van der Waals surface area contributed by atoms with Gasteiger partial charge in [0.15, 0.2) is 11.5 Å². The maximum Gasteiger partial charge on any atom is 0.326 e. The number of hydrogen-bond acceptors (Lipinski definition) is 4. The van der Waals surface area contributed by atoms with Crippen molar-refractivity contribution in [2.24, 2.45) is 0 Å². The van der Waals surface area contributed by atoms with Crippen molar-refractivity contribution < 1.29 is 19.2 Å². The Bertz CT molecular complexity index is 665. The Hall–Kier alpha value is -2.63. The van der Waals surface area contributed by atoms with Crippen LogP contribution in [0, 0.1) is 0 Å². The number of benzene rings is 1. The highest BCUT2D eigenvalue weighted by atomic mass is 16.5. The lowest BCUT2D eigenvalue weighted by Gasteiger charge is -2.19. The molecule has 2 aromatic rings. The van der Waals surface area contributed by atoms with Crippen LogP contribution in [0.5, 0.6) is 0 Å². The second-order valence-electron chi connectivity index (χ2n) is 4.94. The summed E-state index contributed by atoms with van der Waals surface area (Å²) in [6.45, 7) is 0.434. The summed E-state index contributed by atoms with van der Waals surface area (Å²) in [5.41, 5.74) is 0.960. The standard InChI is InChI=1S/C15H14N2O4/c18-14(17-8-4-7-12(17)15(19)20)11-9-13(21-16-11)10-5-2-1-3-6-10/h1-3,5-6,9,12H,4,7-8H2,(H,19,20)/t12-/m0/s1. The highest BCUT2D eigenvalue weighted by Crippen LogP contribution is 2.23. The van der Waals surface area contributed by atoms with Crippen molar-refractivity contribution in [1.29, 1.82) is 0 Å². The lowest BCUT2D eigenvalue weighted by atomic mass is 10.1. The van der Waals surface area contributed by atoms with Gasteiger partial charge in [0.05, 0.1) is 0 Å². The molecular formula is C15H14N2O4. The number of carbonyl (C=O) groups is 2. The van der Waals surface area contributed by atoms with Crippen molar-refractivity contribution in [1.82, 2.24) is 10.1 Å². The normalized spacial score (nSPS) is 17.9. The summed E-state index contributed by atoms with van der Waals surface area (Å²) < 4.78 is 5.18. The van der Waals surface area contributed by atoms with Gasteiger partial charge in [-0.15, -0.1) is 0 Å². The van der Waals surface area contributed by atoms with Gasteiger partial charge in [0.2, 0.25) is 0 Å². The fraction of sp³-hybridized carbons (Fsp3) is 0.267. The van der Waals surface area contributed by atoms with Gasteiger partial charge in [0.25, 0.3) is 5.91 Å². The maximum atomic E-state index is 12.3. The Morgan fingerprint density at radius 3 is 2.76 bits per heavy atom. The van der Waals surface area contributed by atoms with E-state index in [0.717, 1.165) is 5.56 Å². The molecule has 1 aliphatic rings. The number of aromatic nitrogens is 1. The third-order valence-corrected chi connectivity index (χ3v) is 3.59. The molecule has 0 saturated carbocycles. The molecule has 1 N–H and O–H groups in total. The SMILES string of the molecule is O=C(O)[C@@H]1CCCN1C(=O)c1cc(-c2ccccc2)on1. The molecule has 1 fully saturated rings. The smallest absolute Gasteiger partial charge is 0.326 e. The lowest BCUT2D eigenvalue weighted by Crippen LogP contribution is -2.40. The monoisotopic (exact) mass is 286 g/mol. The highest BCUT2D eigenvalue weighted by Gasteiger charge is 2.35. The summed E-state index contributed by atoms with van der Waals surface area (Å²) in [7, 11) is 0.